The van der Waals surface area contributed by atoms with Gasteiger partial charge >= 0.3 is 0 Å². The summed E-state index contributed by atoms with van der Waals surface area (Å²) >= 11 is 0. The van der Waals surface area contributed by atoms with Crippen molar-refractivity contribution in [1.29, 1.82) is 0 Å². The van der Waals surface area contributed by atoms with E-state index in [4.69, 9.17) is 4.74 Å². The molecule has 6 heteroatoms. The Labute approximate surface area is 87.9 Å². The molecule has 0 aromatic heterocycles. The van der Waals surface area contributed by atoms with E-state index in [2.05, 4.69) is 5.32 Å². The van der Waals surface area contributed by atoms with Gasteiger partial charge in [0.15, 0.2) is 0 Å². The Morgan fingerprint density at radius 3 is 2.40 bits per heavy atom. The van der Waals surface area contributed by atoms with Gasteiger partial charge < -0.3 is 25.4 Å². The Hall–Kier alpha value is -0.690. The quantitative estimate of drug-likeness (QED) is 0.430. The third-order valence-corrected chi connectivity index (χ3v) is 2.50. The Bertz CT molecular complexity index is 235. The van der Waals surface area contributed by atoms with E-state index in [1.807, 2.05) is 0 Å². The van der Waals surface area contributed by atoms with Crippen LogP contribution in [-0.2, 0) is 9.53 Å². The first-order valence-electron chi connectivity index (χ1n) is 4.87. The van der Waals surface area contributed by atoms with E-state index in [1.54, 1.807) is 6.92 Å². The summed E-state index contributed by atoms with van der Waals surface area (Å²) < 4.78 is 5.26. The second-order valence-corrected chi connectivity index (χ2v) is 3.79. The number of ether oxygens (including phenoxy) is 1. The zero-order chi connectivity index (χ0) is 11.6. The largest absolute Gasteiger partial charge is 0.388 e. The normalized spacial score (nSPS) is 41.3. The van der Waals surface area contributed by atoms with Gasteiger partial charge in [0, 0.05) is 13.5 Å². The zero-order valence-corrected chi connectivity index (χ0v) is 8.75. The standard InChI is InChI=1S/C9H17NO5/c1-4-7(12)9(14)8(13)6(15-4)3-10-5(2)11/h4,6-9,12-14H,3H2,1-2H3,(H,10,11)/t4-,6?,7?,8+,9+/m0/s1. The van der Waals surface area contributed by atoms with Crippen LogP contribution in [0, 0.1) is 0 Å². The van der Waals surface area contributed by atoms with Crippen LogP contribution < -0.4 is 5.32 Å². The molecule has 88 valence electrons. The summed E-state index contributed by atoms with van der Waals surface area (Å²) in [5.41, 5.74) is 0. The van der Waals surface area contributed by atoms with Crippen LogP contribution in [0.4, 0.5) is 0 Å². The maximum Gasteiger partial charge on any atom is 0.216 e. The molecule has 1 saturated heterocycles. The molecule has 0 saturated carbocycles. The molecule has 0 aromatic carbocycles. The fourth-order valence-corrected chi connectivity index (χ4v) is 1.55. The second kappa shape index (κ2) is 4.89. The van der Waals surface area contributed by atoms with Crippen LogP contribution in [-0.4, -0.2) is 58.3 Å². The average Bonchev–Trinajstić information content (AvgIpc) is 2.18. The molecule has 0 bridgehead atoms. The van der Waals surface area contributed by atoms with Crippen molar-refractivity contribution in [3.05, 3.63) is 0 Å². The SMILES string of the molecule is CC(=O)NCC1O[C@@H](C)C(O)[C@@H](O)[C@@H]1O. The van der Waals surface area contributed by atoms with Crippen molar-refractivity contribution in [3.8, 4) is 0 Å². The number of carbonyl (C=O) groups is 1. The zero-order valence-electron chi connectivity index (χ0n) is 8.75. The van der Waals surface area contributed by atoms with E-state index in [0.29, 0.717) is 0 Å². The highest BCUT2D eigenvalue weighted by molar-refractivity contribution is 5.72. The fourth-order valence-electron chi connectivity index (χ4n) is 1.55. The van der Waals surface area contributed by atoms with Gasteiger partial charge in [-0.3, -0.25) is 4.79 Å². The third kappa shape index (κ3) is 2.88. The van der Waals surface area contributed by atoms with Crippen molar-refractivity contribution in [3.63, 3.8) is 0 Å². The summed E-state index contributed by atoms with van der Waals surface area (Å²) in [6.45, 7) is 3.06. The summed E-state index contributed by atoms with van der Waals surface area (Å²) in [5, 5.41) is 30.9. The highest BCUT2D eigenvalue weighted by atomic mass is 16.5. The van der Waals surface area contributed by atoms with E-state index in [1.165, 1.54) is 6.92 Å². The molecule has 2 unspecified atom stereocenters. The second-order valence-electron chi connectivity index (χ2n) is 3.79. The van der Waals surface area contributed by atoms with Gasteiger partial charge in [0.25, 0.3) is 0 Å². The van der Waals surface area contributed by atoms with Crippen LogP contribution in [0.3, 0.4) is 0 Å². The van der Waals surface area contributed by atoms with Gasteiger partial charge in [-0.15, -0.1) is 0 Å². The average molecular weight is 219 g/mol. The number of hydrogen-bond donors (Lipinski definition) is 4. The van der Waals surface area contributed by atoms with E-state index < -0.39 is 30.5 Å². The smallest absolute Gasteiger partial charge is 0.216 e. The van der Waals surface area contributed by atoms with Crippen molar-refractivity contribution >= 4 is 5.91 Å². The molecule has 0 aliphatic carbocycles. The minimum Gasteiger partial charge on any atom is -0.388 e. The number of aliphatic hydroxyl groups excluding tert-OH is 3. The Balaban J connectivity index is 2.54. The molecule has 1 aliphatic rings. The first-order valence-corrected chi connectivity index (χ1v) is 4.87. The lowest BCUT2D eigenvalue weighted by Crippen LogP contribution is -2.59. The maximum absolute atomic E-state index is 10.7. The van der Waals surface area contributed by atoms with E-state index in [9.17, 15) is 20.1 Å². The van der Waals surface area contributed by atoms with Gasteiger partial charge in [-0.2, -0.15) is 0 Å². The van der Waals surface area contributed by atoms with Crippen LogP contribution >= 0.6 is 0 Å². The first-order chi connectivity index (χ1) is 6.93. The van der Waals surface area contributed by atoms with Crippen LogP contribution in [0.1, 0.15) is 13.8 Å². The summed E-state index contributed by atoms with van der Waals surface area (Å²) in [4.78, 5) is 10.7. The lowest BCUT2D eigenvalue weighted by atomic mass is 9.95. The predicted octanol–water partition coefficient (Wildman–Crippen LogP) is -2.01. The molecule has 1 rings (SSSR count). The van der Waals surface area contributed by atoms with Gasteiger partial charge in [0.2, 0.25) is 5.91 Å². The molecule has 1 aliphatic heterocycles. The van der Waals surface area contributed by atoms with Crippen LogP contribution in [0.5, 0.6) is 0 Å². The highest BCUT2D eigenvalue weighted by Crippen LogP contribution is 2.20. The first kappa shape index (κ1) is 12.4. The van der Waals surface area contributed by atoms with Crippen LogP contribution in [0.2, 0.25) is 0 Å². The molecule has 4 N–H and O–H groups in total. The van der Waals surface area contributed by atoms with Crippen molar-refractivity contribution < 1.29 is 24.9 Å². The molecular formula is C9H17NO5. The molecule has 1 fully saturated rings. The topological polar surface area (TPSA) is 99.0 Å². The predicted molar refractivity (Wildman–Crippen MR) is 51.0 cm³/mol. The minimum atomic E-state index is -1.24. The van der Waals surface area contributed by atoms with Crippen molar-refractivity contribution in [2.75, 3.05) is 6.54 Å². The summed E-state index contributed by atoms with van der Waals surface area (Å²) in [6.07, 6.45) is -4.80. The Kier molecular flexibility index (Phi) is 4.04. The Morgan fingerprint density at radius 1 is 1.27 bits per heavy atom. The van der Waals surface area contributed by atoms with E-state index in [-0.39, 0.29) is 12.5 Å². The van der Waals surface area contributed by atoms with Crippen LogP contribution in [0.25, 0.3) is 0 Å². The van der Waals surface area contributed by atoms with Crippen molar-refractivity contribution in [2.45, 2.75) is 44.4 Å². The number of carbonyl (C=O) groups excluding carboxylic acids is 1. The van der Waals surface area contributed by atoms with Crippen molar-refractivity contribution in [2.24, 2.45) is 0 Å². The third-order valence-electron chi connectivity index (χ3n) is 2.50. The fraction of sp³-hybridized carbons (Fsp3) is 0.889. The number of rotatable bonds is 2. The van der Waals surface area contributed by atoms with Gasteiger partial charge in [0.1, 0.15) is 24.4 Å². The summed E-state index contributed by atoms with van der Waals surface area (Å²) in [7, 11) is 0. The summed E-state index contributed by atoms with van der Waals surface area (Å²) in [5.74, 6) is -0.237. The lowest BCUT2D eigenvalue weighted by Gasteiger charge is -2.39. The number of aliphatic hydroxyl groups is 3. The molecule has 5 atom stereocenters. The molecular weight excluding hydrogens is 202 g/mol. The molecule has 1 heterocycles. The Morgan fingerprint density at radius 2 is 1.87 bits per heavy atom. The van der Waals surface area contributed by atoms with Gasteiger partial charge in [-0.1, -0.05) is 0 Å². The lowest BCUT2D eigenvalue weighted by molar-refractivity contribution is -0.215. The summed E-state index contributed by atoms with van der Waals surface area (Å²) in [6, 6.07) is 0. The molecule has 1 amide bonds. The molecule has 0 radical (unpaired) electrons. The van der Waals surface area contributed by atoms with E-state index in [0.717, 1.165) is 0 Å². The van der Waals surface area contributed by atoms with Gasteiger partial charge in [0.05, 0.1) is 6.10 Å². The number of amides is 1. The molecule has 0 aromatic rings. The molecule has 0 spiro atoms. The minimum absolute atomic E-state index is 0.116. The van der Waals surface area contributed by atoms with Crippen LogP contribution in [0.15, 0.2) is 0 Å². The van der Waals surface area contributed by atoms with Gasteiger partial charge in [-0.25, -0.2) is 0 Å². The number of hydrogen-bond acceptors (Lipinski definition) is 5. The van der Waals surface area contributed by atoms with Gasteiger partial charge in [-0.05, 0) is 6.92 Å². The monoisotopic (exact) mass is 219 g/mol. The molecule has 6 nitrogen and oxygen atoms in total. The maximum atomic E-state index is 10.7. The van der Waals surface area contributed by atoms with Crippen molar-refractivity contribution in [1.82, 2.24) is 5.32 Å². The van der Waals surface area contributed by atoms with E-state index >= 15 is 0 Å². The number of nitrogens with one attached hydrogen (secondary N) is 1. The molecule has 15 heavy (non-hydrogen) atoms. The highest BCUT2D eigenvalue weighted by Gasteiger charge is 2.41.